The number of nitrogens with two attached hydrogens (primary N) is 1. The number of hydrogen-bond acceptors (Lipinski definition) is 3. The van der Waals surface area contributed by atoms with Crippen LogP contribution >= 0.6 is 12.4 Å². The second-order valence-corrected chi connectivity index (χ2v) is 6.85. The van der Waals surface area contributed by atoms with Gasteiger partial charge < -0.3 is 11.1 Å². The van der Waals surface area contributed by atoms with Gasteiger partial charge in [0, 0.05) is 24.8 Å². The van der Waals surface area contributed by atoms with Crippen LogP contribution in [0.1, 0.15) is 57.7 Å². The molecule has 6 heteroatoms. The van der Waals surface area contributed by atoms with E-state index in [9.17, 15) is 4.79 Å². The van der Waals surface area contributed by atoms with Gasteiger partial charge >= 0.3 is 0 Å². The highest BCUT2D eigenvalue weighted by atomic mass is 35.5. The molecule has 0 saturated carbocycles. The lowest BCUT2D eigenvalue weighted by atomic mass is 9.81. The standard InChI is InChI=1S/C20H30N4O.ClH/c1-5-20(6-2,14-21)19(25)22-12-16-13-24(23-18(16)15(3)4)17-10-8-7-9-11-17;/h7-11,13,15H,5-6,12,14,21H2,1-4H3,(H,22,25);1H. The van der Waals surface area contributed by atoms with Crippen molar-refractivity contribution in [1.82, 2.24) is 15.1 Å². The molecule has 0 spiro atoms. The van der Waals surface area contributed by atoms with E-state index in [4.69, 9.17) is 10.8 Å². The van der Waals surface area contributed by atoms with Crippen LogP contribution in [0.2, 0.25) is 0 Å². The van der Waals surface area contributed by atoms with Crippen molar-refractivity contribution in [1.29, 1.82) is 0 Å². The van der Waals surface area contributed by atoms with Gasteiger partial charge in [-0.2, -0.15) is 5.10 Å². The van der Waals surface area contributed by atoms with E-state index in [1.54, 1.807) is 0 Å². The van der Waals surface area contributed by atoms with Crippen molar-refractivity contribution >= 4 is 18.3 Å². The molecule has 0 saturated heterocycles. The fraction of sp³-hybridized carbons (Fsp3) is 0.500. The third kappa shape index (κ3) is 4.65. The van der Waals surface area contributed by atoms with Crippen molar-refractivity contribution in [2.75, 3.05) is 6.54 Å². The summed E-state index contributed by atoms with van der Waals surface area (Å²) in [5.41, 5.74) is 8.47. The van der Waals surface area contributed by atoms with Crippen LogP contribution in [0.5, 0.6) is 0 Å². The molecule has 0 atom stereocenters. The number of rotatable bonds is 8. The molecule has 1 heterocycles. The predicted molar refractivity (Wildman–Crippen MR) is 109 cm³/mol. The number of hydrogen-bond donors (Lipinski definition) is 2. The summed E-state index contributed by atoms with van der Waals surface area (Å²) < 4.78 is 1.88. The first kappa shape index (κ1) is 22.2. The molecule has 5 nitrogen and oxygen atoms in total. The Morgan fingerprint density at radius 3 is 2.35 bits per heavy atom. The largest absolute Gasteiger partial charge is 0.351 e. The molecule has 0 aliphatic rings. The Bertz CT molecular complexity index is 685. The van der Waals surface area contributed by atoms with Gasteiger partial charge in [0.05, 0.1) is 16.8 Å². The maximum atomic E-state index is 12.7. The average Bonchev–Trinajstić information content (AvgIpc) is 3.07. The number of halogens is 1. The molecule has 0 aliphatic carbocycles. The van der Waals surface area contributed by atoms with Gasteiger partial charge in [0.2, 0.25) is 5.91 Å². The third-order valence-electron chi connectivity index (χ3n) is 5.06. The molecule has 0 radical (unpaired) electrons. The summed E-state index contributed by atoms with van der Waals surface area (Å²) in [5, 5.41) is 7.80. The van der Waals surface area contributed by atoms with Crippen molar-refractivity contribution in [3.8, 4) is 5.69 Å². The highest BCUT2D eigenvalue weighted by molar-refractivity contribution is 5.85. The van der Waals surface area contributed by atoms with E-state index in [1.807, 2.05) is 55.1 Å². The van der Waals surface area contributed by atoms with Crippen LogP contribution in [-0.2, 0) is 11.3 Å². The maximum absolute atomic E-state index is 12.7. The highest BCUT2D eigenvalue weighted by Gasteiger charge is 2.33. The summed E-state index contributed by atoms with van der Waals surface area (Å²) >= 11 is 0. The zero-order valence-electron chi connectivity index (χ0n) is 16.2. The van der Waals surface area contributed by atoms with Crippen LogP contribution < -0.4 is 11.1 Å². The van der Waals surface area contributed by atoms with E-state index in [-0.39, 0.29) is 24.2 Å². The highest BCUT2D eigenvalue weighted by Crippen LogP contribution is 2.26. The fourth-order valence-corrected chi connectivity index (χ4v) is 3.07. The van der Waals surface area contributed by atoms with E-state index in [0.717, 1.165) is 29.8 Å². The Kier molecular flexibility index (Phi) is 8.31. The van der Waals surface area contributed by atoms with Crippen molar-refractivity contribution in [3.63, 3.8) is 0 Å². The minimum Gasteiger partial charge on any atom is -0.351 e. The maximum Gasteiger partial charge on any atom is 0.227 e. The van der Waals surface area contributed by atoms with Crippen LogP contribution in [-0.4, -0.2) is 22.2 Å². The molecule has 144 valence electrons. The van der Waals surface area contributed by atoms with Crippen LogP contribution in [0.15, 0.2) is 36.5 Å². The number of carbonyl (C=O) groups is 1. The fourth-order valence-electron chi connectivity index (χ4n) is 3.07. The first-order valence-corrected chi connectivity index (χ1v) is 9.09. The van der Waals surface area contributed by atoms with Crippen molar-refractivity contribution in [2.45, 2.75) is 53.0 Å². The molecular weight excluding hydrogens is 348 g/mol. The van der Waals surface area contributed by atoms with Gasteiger partial charge in [-0.25, -0.2) is 4.68 Å². The zero-order chi connectivity index (χ0) is 18.4. The van der Waals surface area contributed by atoms with Crippen LogP contribution in [0.4, 0.5) is 0 Å². The topological polar surface area (TPSA) is 72.9 Å². The number of amides is 1. The first-order valence-electron chi connectivity index (χ1n) is 9.09. The molecule has 0 bridgehead atoms. The van der Waals surface area contributed by atoms with Gasteiger partial charge in [-0.3, -0.25) is 4.79 Å². The van der Waals surface area contributed by atoms with Gasteiger partial charge in [0.15, 0.2) is 0 Å². The average molecular weight is 379 g/mol. The molecule has 3 N–H and O–H groups in total. The molecule has 2 rings (SSSR count). The second-order valence-electron chi connectivity index (χ2n) is 6.85. The smallest absolute Gasteiger partial charge is 0.227 e. The minimum atomic E-state index is -0.479. The lowest BCUT2D eigenvalue weighted by Crippen LogP contribution is -2.45. The Hall–Kier alpha value is -1.85. The molecule has 1 amide bonds. The van der Waals surface area contributed by atoms with Gasteiger partial charge in [-0.15, -0.1) is 12.4 Å². The number of benzene rings is 1. The third-order valence-corrected chi connectivity index (χ3v) is 5.06. The van der Waals surface area contributed by atoms with E-state index >= 15 is 0 Å². The van der Waals surface area contributed by atoms with Gasteiger partial charge in [-0.1, -0.05) is 45.9 Å². The molecule has 0 fully saturated rings. The molecule has 2 aromatic rings. The van der Waals surface area contributed by atoms with Crippen molar-refractivity contribution < 1.29 is 4.79 Å². The van der Waals surface area contributed by atoms with Gasteiger partial charge in [-0.05, 0) is 30.9 Å². The Labute approximate surface area is 162 Å². The number of para-hydroxylation sites is 1. The summed E-state index contributed by atoms with van der Waals surface area (Å²) in [4.78, 5) is 12.7. The summed E-state index contributed by atoms with van der Waals surface area (Å²) in [7, 11) is 0. The Morgan fingerprint density at radius 1 is 1.23 bits per heavy atom. The van der Waals surface area contributed by atoms with Gasteiger partial charge in [0.1, 0.15) is 0 Å². The zero-order valence-corrected chi connectivity index (χ0v) is 17.0. The van der Waals surface area contributed by atoms with Crippen molar-refractivity contribution in [3.05, 3.63) is 47.8 Å². The molecule has 1 aromatic heterocycles. The molecule has 0 unspecified atom stereocenters. The SMILES string of the molecule is CCC(CC)(CN)C(=O)NCc1cn(-c2ccccc2)nc1C(C)C.Cl. The molecule has 0 aliphatic heterocycles. The van der Waals surface area contributed by atoms with E-state index < -0.39 is 5.41 Å². The van der Waals surface area contributed by atoms with Crippen LogP contribution in [0.3, 0.4) is 0 Å². The summed E-state index contributed by atoms with van der Waals surface area (Å²) in [6, 6.07) is 10.0. The van der Waals surface area contributed by atoms with Crippen LogP contribution in [0.25, 0.3) is 5.69 Å². The second kappa shape index (κ2) is 9.74. The predicted octanol–water partition coefficient (Wildman–Crippen LogP) is 3.80. The normalized spacial score (nSPS) is 11.3. The monoisotopic (exact) mass is 378 g/mol. The Morgan fingerprint density at radius 2 is 1.85 bits per heavy atom. The van der Waals surface area contributed by atoms with Crippen molar-refractivity contribution in [2.24, 2.45) is 11.1 Å². The summed E-state index contributed by atoms with van der Waals surface area (Å²) in [6.07, 6.45) is 3.49. The summed E-state index contributed by atoms with van der Waals surface area (Å²) in [5.74, 6) is 0.315. The van der Waals surface area contributed by atoms with E-state index in [0.29, 0.717) is 13.1 Å². The first-order chi connectivity index (χ1) is 12.0. The number of carbonyl (C=O) groups excluding carboxylic acids is 1. The minimum absolute atomic E-state index is 0. The lowest BCUT2D eigenvalue weighted by Gasteiger charge is -2.28. The van der Waals surface area contributed by atoms with E-state index in [1.165, 1.54) is 0 Å². The summed E-state index contributed by atoms with van der Waals surface area (Å²) in [6.45, 7) is 9.11. The molecular formula is C20H31ClN4O. The molecule has 26 heavy (non-hydrogen) atoms. The molecule has 1 aromatic carbocycles. The quantitative estimate of drug-likeness (QED) is 0.733. The van der Waals surface area contributed by atoms with Gasteiger partial charge in [0.25, 0.3) is 0 Å². The lowest BCUT2D eigenvalue weighted by molar-refractivity contribution is -0.131. The van der Waals surface area contributed by atoms with E-state index in [2.05, 4.69) is 19.2 Å². The number of nitrogens with one attached hydrogen (secondary N) is 1. The number of aromatic nitrogens is 2. The number of nitrogens with zero attached hydrogens (tertiary/aromatic N) is 2. The van der Waals surface area contributed by atoms with Crippen LogP contribution in [0, 0.1) is 5.41 Å². The Balaban J connectivity index is 0.00000338.